The van der Waals surface area contributed by atoms with Crippen molar-refractivity contribution in [2.45, 2.75) is 69.7 Å². The highest BCUT2D eigenvalue weighted by Gasteiger charge is 2.39. The number of rotatable bonds is 13. The number of carboxylic acids is 1. The van der Waals surface area contributed by atoms with Gasteiger partial charge in [0.15, 0.2) is 5.96 Å². The molecule has 0 bridgehead atoms. The minimum Gasteiger partial charge on any atom is -0.487 e. The molecule has 292 valence electrons. The summed E-state index contributed by atoms with van der Waals surface area (Å²) in [6.07, 6.45) is -0.994. The first kappa shape index (κ1) is 43.5. The van der Waals surface area contributed by atoms with Crippen LogP contribution in [-0.2, 0) is 26.2 Å². The van der Waals surface area contributed by atoms with E-state index in [9.17, 15) is 26.4 Å². The number of carboxylic acid groups (broad SMARTS) is 1. The molecule has 6 N–H and O–H groups in total. The Morgan fingerprint density at radius 3 is 2.25 bits per heavy atom. The number of aryl methyl sites for hydroxylation is 1. The standard InChI is InChI=1S/C32H43Cl2N7O4S.C2HF3O2/c1-22-11-12-23-9-8-10-26(29(23)38-22)45-21-24-25(33)13-14-27(28(24)34)46(43,44)39-32(2,3)30(42)40-17-19-41(20-18-40)31(36)37-16-7-5-4-6-15-35;3-2(4,5)1(6)7/h8-14,39H,4-7,15-21,35H2,1-3H3,(H2,36,37);(H,6,7). The number of benzene rings is 2. The van der Waals surface area contributed by atoms with E-state index in [-0.39, 0.29) is 27.5 Å². The SMILES string of the molecule is Cc1ccc2cccc(OCc3c(Cl)ccc(S(=O)(=O)NC(C)(C)C(=O)N4CCN(C(N)=NCCCCCCN)CC4)c3Cl)c2n1.O=C(O)C(F)(F)F. The number of ether oxygens (including phenoxy) is 1. The molecule has 1 aliphatic rings. The van der Waals surface area contributed by atoms with Crippen molar-refractivity contribution in [3.63, 3.8) is 0 Å². The fourth-order valence-corrected chi connectivity index (χ4v) is 7.53. The normalized spacial score (nSPS) is 14.2. The molecule has 0 saturated carbocycles. The summed E-state index contributed by atoms with van der Waals surface area (Å²) in [5.74, 6) is -2.15. The van der Waals surface area contributed by atoms with Crippen LogP contribution in [0.25, 0.3) is 10.9 Å². The molecule has 13 nitrogen and oxygen atoms in total. The average Bonchev–Trinajstić information content (AvgIpc) is 3.08. The van der Waals surface area contributed by atoms with Crippen molar-refractivity contribution in [3.8, 4) is 5.75 Å². The lowest BCUT2D eigenvalue weighted by molar-refractivity contribution is -0.192. The molecule has 0 aliphatic carbocycles. The van der Waals surface area contributed by atoms with E-state index in [2.05, 4.69) is 14.7 Å². The number of hydrogen-bond acceptors (Lipinski definition) is 8. The molecular weight excluding hydrogens is 762 g/mol. The molecule has 2 aromatic carbocycles. The molecule has 0 atom stereocenters. The Morgan fingerprint density at radius 1 is 1.00 bits per heavy atom. The summed E-state index contributed by atoms with van der Waals surface area (Å²) < 4.78 is 67.6. The number of sulfonamides is 1. The molecule has 0 spiro atoms. The molecule has 4 rings (SSSR count). The van der Waals surface area contributed by atoms with Gasteiger partial charge in [-0.25, -0.2) is 18.2 Å². The first-order valence-corrected chi connectivity index (χ1v) is 18.9. The molecule has 2 heterocycles. The van der Waals surface area contributed by atoms with E-state index in [0.717, 1.165) is 36.8 Å². The topological polar surface area (TPSA) is 194 Å². The summed E-state index contributed by atoms with van der Waals surface area (Å²) in [7, 11) is -4.25. The van der Waals surface area contributed by atoms with Gasteiger partial charge in [-0.2, -0.15) is 17.9 Å². The smallest absolute Gasteiger partial charge is 0.487 e. The number of nitrogens with two attached hydrogens (primary N) is 2. The second-order valence-electron chi connectivity index (χ2n) is 12.7. The van der Waals surface area contributed by atoms with Crippen LogP contribution in [0.15, 0.2) is 52.4 Å². The van der Waals surface area contributed by atoms with Gasteiger partial charge in [0.05, 0.1) is 5.02 Å². The number of aliphatic imine (C=N–C) groups is 1. The molecular formula is C34H44Cl2F3N7O6S. The number of alkyl halides is 3. The highest BCUT2D eigenvalue weighted by atomic mass is 35.5. The van der Waals surface area contributed by atoms with Crippen LogP contribution in [0, 0.1) is 6.92 Å². The van der Waals surface area contributed by atoms with Crippen LogP contribution in [0.3, 0.4) is 0 Å². The maximum atomic E-state index is 13.6. The van der Waals surface area contributed by atoms with E-state index in [0.29, 0.717) is 62.1 Å². The molecule has 53 heavy (non-hydrogen) atoms. The highest BCUT2D eigenvalue weighted by molar-refractivity contribution is 7.89. The van der Waals surface area contributed by atoms with Gasteiger partial charge in [0, 0.05) is 54.4 Å². The van der Waals surface area contributed by atoms with Crippen molar-refractivity contribution in [3.05, 3.63) is 63.8 Å². The summed E-state index contributed by atoms with van der Waals surface area (Å²) in [6, 6.07) is 12.2. The van der Waals surface area contributed by atoms with Crippen molar-refractivity contribution < 1.29 is 41.0 Å². The number of para-hydroxylation sites is 1. The number of carbonyl (C=O) groups excluding carboxylic acids is 1. The number of aromatic nitrogens is 1. The molecule has 0 radical (unpaired) electrons. The average molecular weight is 807 g/mol. The van der Waals surface area contributed by atoms with Gasteiger partial charge in [-0.05, 0) is 64.4 Å². The maximum Gasteiger partial charge on any atom is 0.490 e. The Balaban J connectivity index is 0.000000980. The summed E-state index contributed by atoms with van der Waals surface area (Å²) in [6.45, 7) is 7.94. The number of guanidine groups is 1. The number of amides is 1. The predicted octanol–water partition coefficient (Wildman–Crippen LogP) is 5.10. The fraction of sp³-hybridized carbons (Fsp3) is 0.471. The van der Waals surface area contributed by atoms with E-state index in [4.69, 9.17) is 49.3 Å². The number of nitrogens with zero attached hydrogens (tertiary/aromatic N) is 4. The predicted molar refractivity (Wildman–Crippen MR) is 198 cm³/mol. The first-order valence-electron chi connectivity index (χ1n) is 16.6. The Kier molecular flexibility index (Phi) is 15.5. The molecule has 1 saturated heterocycles. The lowest BCUT2D eigenvalue weighted by Gasteiger charge is -2.39. The molecule has 1 aromatic heterocycles. The first-order chi connectivity index (χ1) is 24.8. The van der Waals surface area contributed by atoms with Crippen LogP contribution in [0.5, 0.6) is 5.75 Å². The number of nitrogens with one attached hydrogen (secondary N) is 1. The number of halogens is 5. The minimum atomic E-state index is -5.08. The zero-order valence-electron chi connectivity index (χ0n) is 29.5. The third-order valence-corrected chi connectivity index (χ3v) is 10.7. The maximum absolute atomic E-state index is 13.6. The van der Waals surface area contributed by atoms with Crippen LogP contribution >= 0.6 is 23.2 Å². The third kappa shape index (κ3) is 12.3. The third-order valence-electron chi connectivity index (χ3n) is 8.08. The molecule has 1 fully saturated rings. The van der Waals surface area contributed by atoms with Crippen molar-refractivity contribution in [2.24, 2.45) is 16.5 Å². The summed E-state index contributed by atoms with van der Waals surface area (Å²) >= 11 is 13.1. The van der Waals surface area contributed by atoms with Crippen molar-refractivity contribution in [2.75, 3.05) is 39.3 Å². The molecule has 1 aliphatic heterocycles. The zero-order valence-corrected chi connectivity index (χ0v) is 31.9. The van der Waals surface area contributed by atoms with Crippen LogP contribution < -0.4 is 20.9 Å². The molecule has 0 unspecified atom stereocenters. The highest BCUT2D eigenvalue weighted by Crippen LogP contribution is 2.34. The summed E-state index contributed by atoms with van der Waals surface area (Å²) in [5.41, 5.74) is 12.1. The largest absolute Gasteiger partial charge is 0.490 e. The van der Waals surface area contributed by atoms with Crippen LogP contribution in [0.4, 0.5) is 13.2 Å². The van der Waals surface area contributed by atoms with E-state index >= 15 is 0 Å². The number of carbonyl (C=O) groups is 2. The van der Waals surface area contributed by atoms with Gasteiger partial charge in [0.1, 0.15) is 28.3 Å². The van der Waals surface area contributed by atoms with E-state index in [1.165, 1.54) is 26.0 Å². The minimum absolute atomic E-state index is 0.0876. The van der Waals surface area contributed by atoms with Crippen LogP contribution in [-0.4, -0.2) is 97.1 Å². The van der Waals surface area contributed by atoms with E-state index < -0.39 is 27.7 Å². The monoisotopic (exact) mass is 805 g/mol. The van der Waals surface area contributed by atoms with Gasteiger partial charge in [-0.1, -0.05) is 54.2 Å². The number of aliphatic carboxylic acids is 1. The summed E-state index contributed by atoms with van der Waals surface area (Å²) in [4.78, 5) is 34.8. The number of pyridine rings is 1. The van der Waals surface area contributed by atoms with Gasteiger partial charge < -0.3 is 31.1 Å². The Bertz CT molecular complexity index is 1890. The van der Waals surface area contributed by atoms with Gasteiger partial charge in [-0.3, -0.25) is 9.79 Å². The van der Waals surface area contributed by atoms with Gasteiger partial charge >= 0.3 is 12.1 Å². The number of unbranched alkanes of at least 4 members (excludes halogenated alkanes) is 3. The van der Waals surface area contributed by atoms with Crippen molar-refractivity contribution in [1.29, 1.82) is 0 Å². The second kappa shape index (κ2) is 18.9. The number of piperazine rings is 1. The van der Waals surface area contributed by atoms with Crippen molar-refractivity contribution >= 4 is 62.0 Å². The Hall–Kier alpha value is -3.90. The second-order valence-corrected chi connectivity index (χ2v) is 15.1. The van der Waals surface area contributed by atoms with Crippen molar-refractivity contribution in [1.82, 2.24) is 19.5 Å². The molecule has 3 aromatic rings. The lowest BCUT2D eigenvalue weighted by Crippen LogP contribution is -2.60. The number of fused-ring (bicyclic) bond motifs is 1. The lowest BCUT2D eigenvalue weighted by atomic mass is 10.0. The van der Waals surface area contributed by atoms with E-state index in [1.807, 2.05) is 36.1 Å². The number of hydrogen-bond donors (Lipinski definition) is 4. The van der Waals surface area contributed by atoms with Crippen LogP contribution in [0.1, 0.15) is 50.8 Å². The van der Waals surface area contributed by atoms with Gasteiger partial charge in [-0.15, -0.1) is 0 Å². The quantitative estimate of drug-likeness (QED) is 0.103. The van der Waals surface area contributed by atoms with Gasteiger partial charge in [0.2, 0.25) is 15.9 Å². The Morgan fingerprint density at radius 2 is 1.62 bits per heavy atom. The van der Waals surface area contributed by atoms with Gasteiger partial charge in [0.25, 0.3) is 0 Å². The molecule has 1 amide bonds. The fourth-order valence-electron chi connectivity index (χ4n) is 5.27. The van der Waals surface area contributed by atoms with Crippen LogP contribution in [0.2, 0.25) is 10.0 Å². The zero-order chi connectivity index (χ0) is 39.6. The molecule has 19 heteroatoms. The summed E-state index contributed by atoms with van der Waals surface area (Å²) in [5, 5.41) is 8.18. The Labute approximate surface area is 316 Å². The van der Waals surface area contributed by atoms with E-state index in [1.54, 1.807) is 11.0 Å².